The molecular formula is C18H29N3O4. The quantitative estimate of drug-likeness (QED) is 0.555. The number of benzene rings is 1. The smallest absolute Gasteiger partial charge is 0.315 e. The zero-order chi connectivity index (χ0) is 18.1. The fourth-order valence-electron chi connectivity index (χ4n) is 2.82. The molecule has 3 atom stereocenters. The van der Waals surface area contributed by atoms with Gasteiger partial charge >= 0.3 is 6.03 Å². The zero-order valence-electron chi connectivity index (χ0n) is 15.0. The minimum absolute atomic E-state index is 0.301. The van der Waals surface area contributed by atoms with Crippen LogP contribution in [0.25, 0.3) is 0 Å². The Morgan fingerprint density at radius 1 is 1.40 bits per heavy atom. The monoisotopic (exact) mass is 351 g/mol. The maximum atomic E-state index is 11.8. The number of carbonyl (C=O) groups excluding carboxylic acids is 1. The highest BCUT2D eigenvalue weighted by Crippen LogP contribution is 2.15. The second kappa shape index (κ2) is 10.4. The van der Waals surface area contributed by atoms with Crippen molar-refractivity contribution in [3.8, 4) is 0 Å². The van der Waals surface area contributed by atoms with E-state index in [1.165, 1.54) is 5.56 Å². The van der Waals surface area contributed by atoms with E-state index in [4.69, 9.17) is 9.47 Å². The van der Waals surface area contributed by atoms with Gasteiger partial charge in [0.15, 0.2) is 0 Å². The predicted molar refractivity (Wildman–Crippen MR) is 95.6 cm³/mol. The van der Waals surface area contributed by atoms with Gasteiger partial charge in [-0.3, -0.25) is 0 Å². The van der Waals surface area contributed by atoms with Gasteiger partial charge in [0.05, 0.1) is 25.4 Å². The molecule has 1 aliphatic heterocycles. The van der Waals surface area contributed by atoms with Crippen LogP contribution in [0, 0.1) is 0 Å². The number of nitrogens with zero attached hydrogens (tertiary/aromatic N) is 1. The van der Waals surface area contributed by atoms with Gasteiger partial charge in [0.25, 0.3) is 0 Å². The van der Waals surface area contributed by atoms with Crippen molar-refractivity contribution in [3.63, 3.8) is 0 Å². The molecule has 1 fully saturated rings. The van der Waals surface area contributed by atoms with Gasteiger partial charge in [0.1, 0.15) is 6.10 Å². The molecule has 7 nitrogen and oxygen atoms in total. The number of nitrogens with one attached hydrogen (secondary N) is 2. The average Bonchev–Trinajstić information content (AvgIpc) is 2.94. The predicted octanol–water partition coefficient (Wildman–Crippen LogP) is 0.235. The Hall–Kier alpha value is -1.67. The lowest BCUT2D eigenvalue weighted by Gasteiger charge is -2.24. The molecule has 0 spiro atoms. The third-order valence-electron chi connectivity index (χ3n) is 4.31. The number of amides is 2. The minimum atomic E-state index is -0.715. The molecule has 1 aromatic rings. The van der Waals surface area contributed by atoms with Crippen molar-refractivity contribution in [1.29, 1.82) is 0 Å². The fourth-order valence-corrected chi connectivity index (χ4v) is 2.82. The van der Waals surface area contributed by atoms with Gasteiger partial charge in [-0.2, -0.15) is 0 Å². The van der Waals surface area contributed by atoms with Gasteiger partial charge in [0, 0.05) is 26.7 Å². The molecule has 0 saturated carbocycles. The van der Waals surface area contributed by atoms with Crippen molar-refractivity contribution in [1.82, 2.24) is 15.5 Å². The summed E-state index contributed by atoms with van der Waals surface area (Å²) in [4.78, 5) is 13.9. The molecule has 3 N–H and O–H groups in total. The summed E-state index contributed by atoms with van der Waals surface area (Å²) in [6.07, 6.45) is -0.0681. The minimum Gasteiger partial charge on any atom is -0.388 e. The van der Waals surface area contributed by atoms with Crippen LogP contribution in [0.3, 0.4) is 0 Å². The molecule has 0 aliphatic carbocycles. The Kier molecular flexibility index (Phi) is 8.14. The van der Waals surface area contributed by atoms with Gasteiger partial charge < -0.3 is 30.1 Å². The Labute approximate surface area is 149 Å². The molecule has 25 heavy (non-hydrogen) atoms. The number of hydrogen-bond acceptors (Lipinski definition) is 5. The first-order valence-electron chi connectivity index (χ1n) is 8.65. The highest BCUT2D eigenvalue weighted by atomic mass is 16.5. The fraction of sp³-hybridized carbons (Fsp3) is 0.611. The van der Waals surface area contributed by atoms with E-state index in [0.717, 1.165) is 13.0 Å². The summed E-state index contributed by atoms with van der Waals surface area (Å²) in [5.41, 5.74) is 1.29. The number of rotatable bonds is 9. The van der Waals surface area contributed by atoms with Crippen LogP contribution in [0.5, 0.6) is 0 Å². The molecule has 1 aliphatic rings. The first-order valence-corrected chi connectivity index (χ1v) is 8.65. The van der Waals surface area contributed by atoms with E-state index in [1.54, 1.807) is 7.11 Å². The molecule has 1 saturated heterocycles. The zero-order valence-corrected chi connectivity index (χ0v) is 15.0. The molecule has 0 bridgehead atoms. The normalized spacial score (nSPS) is 23.0. The Bertz CT molecular complexity index is 514. The van der Waals surface area contributed by atoms with Crippen molar-refractivity contribution in [2.75, 3.05) is 47.0 Å². The molecule has 2 rings (SSSR count). The number of aliphatic hydroxyl groups excluding tert-OH is 1. The van der Waals surface area contributed by atoms with Crippen LogP contribution in [-0.2, 0) is 15.9 Å². The molecule has 140 valence electrons. The van der Waals surface area contributed by atoms with Gasteiger partial charge in [-0.05, 0) is 19.0 Å². The van der Waals surface area contributed by atoms with Crippen LogP contribution < -0.4 is 10.6 Å². The summed E-state index contributed by atoms with van der Waals surface area (Å²) in [5, 5.41) is 15.8. The summed E-state index contributed by atoms with van der Waals surface area (Å²) in [5.74, 6) is 0. The summed E-state index contributed by atoms with van der Waals surface area (Å²) in [6, 6.07) is 9.58. The van der Waals surface area contributed by atoms with E-state index in [-0.39, 0.29) is 12.1 Å². The molecule has 7 heteroatoms. The third kappa shape index (κ3) is 6.62. The molecule has 1 heterocycles. The van der Waals surface area contributed by atoms with Crippen LogP contribution in [0.15, 0.2) is 30.3 Å². The van der Waals surface area contributed by atoms with Crippen molar-refractivity contribution < 1.29 is 19.4 Å². The van der Waals surface area contributed by atoms with E-state index < -0.39 is 12.1 Å². The van der Waals surface area contributed by atoms with Gasteiger partial charge in [-0.25, -0.2) is 4.79 Å². The van der Waals surface area contributed by atoms with E-state index >= 15 is 0 Å². The average molecular weight is 351 g/mol. The lowest BCUT2D eigenvalue weighted by molar-refractivity contribution is 0.0205. The van der Waals surface area contributed by atoms with Crippen LogP contribution in [0.1, 0.15) is 5.56 Å². The second-order valence-electron chi connectivity index (χ2n) is 6.36. The van der Waals surface area contributed by atoms with Crippen molar-refractivity contribution in [2.45, 2.75) is 24.7 Å². The number of urea groups is 1. The lowest BCUT2D eigenvalue weighted by Crippen LogP contribution is -2.50. The molecule has 2 amide bonds. The number of aliphatic hydroxyl groups is 1. The van der Waals surface area contributed by atoms with Gasteiger partial charge in [0.2, 0.25) is 0 Å². The summed E-state index contributed by atoms with van der Waals surface area (Å²) in [6.45, 7) is 2.70. The van der Waals surface area contributed by atoms with Crippen molar-refractivity contribution in [2.24, 2.45) is 0 Å². The third-order valence-corrected chi connectivity index (χ3v) is 4.31. The van der Waals surface area contributed by atoms with Crippen molar-refractivity contribution in [3.05, 3.63) is 35.9 Å². The first-order chi connectivity index (χ1) is 12.1. The first kappa shape index (κ1) is 19.7. The highest BCUT2D eigenvalue weighted by Gasteiger charge is 2.37. The standard InChI is InChI=1S/C18H29N3O4/c1-21(10-8-14-6-4-3-5-7-14)12-16-17(22)15(13-25-16)20-18(23)19-9-11-24-2/h3-7,15-17,22H,8-13H2,1-2H3,(H2,19,20,23). The molecule has 0 aromatic heterocycles. The molecule has 3 unspecified atom stereocenters. The number of methoxy groups -OCH3 is 1. The van der Waals surface area contributed by atoms with Crippen LogP contribution in [-0.4, -0.2) is 81.3 Å². The van der Waals surface area contributed by atoms with E-state index in [2.05, 4.69) is 27.7 Å². The largest absolute Gasteiger partial charge is 0.388 e. The molecular weight excluding hydrogens is 322 g/mol. The summed E-state index contributed by atoms with van der Waals surface area (Å²) < 4.78 is 10.5. The van der Waals surface area contributed by atoms with Gasteiger partial charge in [-0.15, -0.1) is 0 Å². The molecule has 0 radical (unpaired) electrons. The topological polar surface area (TPSA) is 83.1 Å². The molecule has 1 aromatic carbocycles. The van der Waals surface area contributed by atoms with E-state index in [9.17, 15) is 9.90 Å². The highest BCUT2D eigenvalue weighted by molar-refractivity contribution is 5.74. The maximum absolute atomic E-state index is 11.8. The number of hydrogen-bond donors (Lipinski definition) is 3. The van der Waals surface area contributed by atoms with Gasteiger partial charge in [-0.1, -0.05) is 30.3 Å². The van der Waals surface area contributed by atoms with E-state index in [0.29, 0.717) is 26.3 Å². The van der Waals surface area contributed by atoms with Crippen LogP contribution in [0.4, 0.5) is 4.79 Å². The number of carbonyl (C=O) groups is 1. The summed E-state index contributed by atoms with van der Waals surface area (Å²) >= 11 is 0. The van der Waals surface area contributed by atoms with Crippen molar-refractivity contribution >= 4 is 6.03 Å². The Morgan fingerprint density at radius 3 is 2.88 bits per heavy atom. The van der Waals surface area contributed by atoms with E-state index in [1.807, 2.05) is 25.2 Å². The number of ether oxygens (including phenoxy) is 2. The lowest BCUT2D eigenvalue weighted by atomic mass is 10.1. The maximum Gasteiger partial charge on any atom is 0.315 e. The Balaban J connectivity index is 1.69. The SMILES string of the molecule is COCCNC(=O)NC1COC(CN(C)CCc2ccccc2)C1O. The van der Waals surface area contributed by atoms with Crippen LogP contribution >= 0.6 is 0 Å². The summed E-state index contributed by atoms with van der Waals surface area (Å²) in [7, 11) is 3.59. The second-order valence-corrected chi connectivity index (χ2v) is 6.36. The van der Waals surface area contributed by atoms with Crippen LogP contribution in [0.2, 0.25) is 0 Å². The Morgan fingerprint density at radius 2 is 2.16 bits per heavy atom. The number of likely N-dealkylation sites (N-methyl/N-ethyl adjacent to an activating group) is 1.